The summed E-state index contributed by atoms with van der Waals surface area (Å²) >= 11 is 0. The molecular formula is C12H6N2O2. The first-order valence-electron chi connectivity index (χ1n) is 4.79. The molecule has 0 unspecified atom stereocenters. The molecule has 4 nitrogen and oxygen atoms in total. The van der Waals surface area contributed by atoms with Gasteiger partial charge >= 0.3 is 0 Å². The highest BCUT2D eigenvalue weighted by Crippen LogP contribution is 2.17. The van der Waals surface area contributed by atoms with Crippen LogP contribution in [0.25, 0.3) is 11.0 Å². The Bertz CT molecular complexity index is 603. The summed E-state index contributed by atoms with van der Waals surface area (Å²) in [6.45, 7) is 0. The number of fused-ring (bicyclic) bond motifs is 2. The Balaban J connectivity index is 2.40. The van der Waals surface area contributed by atoms with Crippen molar-refractivity contribution < 1.29 is 9.59 Å². The van der Waals surface area contributed by atoms with Gasteiger partial charge in [0.2, 0.25) is 11.6 Å². The van der Waals surface area contributed by atoms with Gasteiger partial charge in [0.25, 0.3) is 0 Å². The first-order valence-corrected chi connectivity index (χ1v) is 4.79. The molecule has 1 aliphatic carbocycles. The third-order valence-corrected chi connectivity index (χ3v) is 2.42. The summed E-state index contributed by atoms with van der Waals surface area (Å²) in [7, 11) is 0. The number of allylic oxidation sites excluding steroid dienone is 2. The summed E-state index contributed by atoms with van der Waals surface area (Å²) in [6.07, 6.45) is 2.46. The normalized spacial score (nSPS) is 14.2. The predicted octanol–water partition coefficient (Wildman–Crippen LogP) is 1.56. The van der Waals surface area contributed by atoms with Gasteiger partial charge in [-0.15, -0.1) is 0 Å². The third-order valence-electron chi connectivity index (χ3n) is 2.42. The first kappa shape index (κ1) is 8.91. The van der Waals surface area contributed by atoms with Crippen molar-refractivity contribution >= 4 is 22.6 Å². The summed E-state index contributed by atoms with van der Waals surface area (Å²) in [5.41, 5.74) is 1.54. The van der Waals surface area contributed by atoms with Crippen LogP contribution in [0.3, 0.4) is 0 Å². The van der Waals surface area contributed by atoms with Crippen molar-refractivity contribution in [3.8, 4) is 0 Å². The summed E-state index contributed by atoms with van der Waals surface area (Å²) < 4.78 is 0. The molecule has 3 rings (SSSR count). The number of hydrogen-bond donors (Lipinski definition) is 0. The molecule has 76 valence electrons. The van der Waals surface area contributed by atoms with E-state index in [4.69, 9.17) is 0 Å². The molecule has 1 aliphatic rings. The molecule has 2 aromatic rings. The van der Waals surface area contributed by atoms with Crippen LogP contribution in [0.2, 0.25) is 0 Å². The molecule has 1 heterocycles. The molecular weight excluding hydrogens is 204 g/mol. The monoisotopic (exact) mass is 210 g/mol. The summed E-state index contributed by atoms with van der Waals surface area (Å²) in [5, 5.41) is 0. The molecule has 4 heteroatoms. The minimum Gasteiger partial charge on any atom is -0.287 e. The first-order chi connectivity index (χ1) is 7.75. The fourth-order valence-corrected chi connectivity index (χ4v) is 1.65. The van der Waals surface area contributed by atoms with E-state index in [0.717, 1.165) is 0 Å². The van der Waals surface area contributed by atoms with Crippen molar-refractivity contribution in [3.63, 3.8) is 0 Å². The number of aromatic nitrogens is 2. The molecule has 0 spiro atoms. The average molecular weight is 210 g/mol. The van der Waals surface area contributed by atoms with E-state index in [1.54, 1.807) is 12.1 Å². The van der Waals surface area contributed by atoms with Crippen molar-refractivity contribution in [1.82, 2.24) is 9.97 Å². The highest BCUT2D eigenvalue weighted by atomic mass is 16.1. The zero-order valence-corrected chi connectivity index (χ0v) is 8.18. The number of ketones is 2. The molecule has 16 heavy (non-hydrogen) atoms. The van der Waals surface area contributed by atoms with E-state index < -0.39 is 0 Å². The Morgan fingerprint density at radius 2 is 1.19 bits per heavy atom. The zero-order valence-electron chi connectivity index (χ0n) is 8.18. The Morgan fingerprint density at radius 1 is 0.750 bits per heavy atom. The van der Waals surface area contributed by atoms with Gasteiger partial charge in [-0.2, -0.15) is 0 Å². The number of rotatable bonds is 0. The Hall–Kier alpha value is -2.36. The number of carbonyl (C=O) groups excluding carboxylic acids is 2. The third kappa shape index (κ3) is 1.16. The minimum atomic E-state index is -0.271. The fraction of sp³-hybridized carbons (Fsp3) is 0. The van der Waals surface area contributed by atoms with Crippen LogP contribution in [-0.4, -0.2) is 21.5 Å². The van der Waals surface area contributed by atoms with Gasteiger partial charge < -0.3 is 0 Å². The number of nitrogens with zero attached hydrogens (tertiary/aromatic N) is 2. The molecule has 0 atom stereocenters. The van der Waals surface area contributed by atoms with E-state index in [0.29, 0.717) is 11.0 Å². The van der Waals surface area contributed by atoms with Gasteiger partial charge in [0.05, 0.1) is 11.0 Å². The van der Waals surface area contributed by atoms with Gasteiger partial charge in [-0.05, 0) is 24.3 Å². The second kappa shape index (κ2) is 3.06. The van der Waals surface area contributed by atoms with Crippen LogP contribution in [0.15, 0.2) is 36.4 Å². The second-order valence-electron chi connectivity index (χ2n) is 3.47. The Kier molecular flexibility index (Phi) is 1.71. The average Bonchev–Trinajstić information content (AvgIpc) is 2.32. The smallest absolute Gasteiger partial charge is 0.206 e. The minimum absolute atomic E-state index is 0.145. The molecule has 0 saturated heterocycles. The number of para-hydroxylation sites is 2. The van der Waals surface area contributed by atoms with Crippen LogP contribution in [0.1, 0.15) is 21.0 Å². The second-order valence-corrected chi connectivity index (χ2v) is 3.47. The van der Waals surface area contributed by atoms with E-state index >= 15 is 0 Å². The highest BCUT2D eigenvalue weighted by Gasteiger charge is 2.22. The van der Waals surface area contributed by atoms with Crippen LogP contribution in [0, 0.1) is 0 Å². The lowest BCUT2D eigenvalue weighted by molar-refractivity contribution is 0.0987. The molecule has 0 fully saturated rings. The highest BCUT2D eigenvalue weighted by molar-refractivity contribution is 6.20. The number of benzene rings is 1. The van der Waals surface area contributed by atoms with Crippen molar-refractivity contribution in [1.29, 1.82) is 0 Å². The van der Waals surface area contributed by atoms with Crippen LogP contribution >= 0.6 is 0 Å². The van der Waals surface area contributed by atoms with Crippen LogP contribution < -0.4 is 0 Å². The Labute approximate surface area is 90.6 Å². The standard InChI is InChI=1S/C12H6N2O2/c15-9-5-6-10(16)12-11(9)13-7-3-1-2-4-8(7)14-12/h1-6H. The van der Waals surface area contributed by atoms with E-state index in [1.165, 1.54) is 12.2 Å². The van der Waals surface area contributed by atoms with E-state index in [9.17, 15) is 9.59 Å². The molecule has 0 amide bonds. The van der Waals surface area contributed by atoms with Crippen molar-refractivity contribution in [2.45, 2.75) is 0 Å². The Morgan fingerprint density at radius 3 is 1.62 bits per heavy atom. The van der Waals surface area contributed by atoms with Crippen LogP contribution in [0.5, 0.6) is 0 Å². The van der Waals surface area contributed by atoms with E-state index in [-0.39, 0.29) is 23.0 Å². The molecule has 0 N–H and O–H groups in total. The maximum absolute atomic E-state index is 11.5. The largest absolute Gasteiger partial charge is 0.287 e. The molecule has 0 saturated carbocycles. The summed E-state index contributed by atoms with van der Waals surface area (Å²) in [5.74, 6) is -0.541. The van der Waals surface area contributed by atoms with Gasteiger partial charge in [0.1, 0.15) is 11.4 Å². The van der Waals surface area contributed by atoms with Gasteiger partial charge in [-0.25, -0.2) is 9.97 Å². The van der Waals surface area contributed by atoms with E-state index in [1.807, 2.05) is 12.1 Å². The predicted molar refractivity (Wildman–Crippen MR) is 57.3 cm³/mol. The number of hydrogen-bond acceptors (Lipinski definition) is 4. The molecule has 0 radical (unpaired) electrons. The molecule has 0 aliphatic heterocycles. The summed E-state index contributed by atoms with van der Waals surface area (Å²) in [4.78, 5) is 31.4. The van der Waals surface area contributed by atoms with E-state index in [2.05, 4.69) is 9.97 Å². The topological polar surface area (TPSA) is 59.9 Å². The van der Waals surface area contributed by atoms with Gasteiger partial charge in [0.15, 0.2) is 0 Å². The maximum atomic E-state index is 11.5. The van der Waals surface area contributed by atoms with Crippen molar-refractivity contribution in [3.05, 3.63) is 47.8 Å². The van der Waals surface area contributed by atoms with Gasteiger partial charge in [-0.3, -0.25) is 9.59 Å². The van der Waals surface area contributed by atoms with Gasteiger partial charge in [-0.1, -0.05) is 12.1 Å². The van der Waals surface area contributed by atoms with Crippen molar-refractivity contribution in [2.24, 2.45) is 0 Å². The quantitative estimate of drug-likeness (QED) is 0.662. The number of carbonyl (C=O) groups is 2. The molecule has 0 bridgehead atoms. The lowest BCUT2D eigenvalue weighted by Gasteiger charge is -2.07. The lowest BCUT2D eigenvalue weighted by atomic mass is 10.0. The fourth-order valence-electron chi connectivity index (χ4n) is 1.65. The zero-order chi connectivity index (χ0) is 11.1. The van der Waals surface area contributed by atoms with Crippen LogP contribution in [0.4, 0.5) is 0 Å². The maximum Gasteiger partial charge on any atom is 0.206 e. The van der Waals surface area contributed by atoms with Gasteiger partial charge in [0, 0.05) is 0 Å². The lowest BCUT2D eigenvalue weighted by Crippen LogP contribution is -2.15. The van der Waals surface area contributed by atoms with Crippen LogP contribution in [-0.2, 0) is 0 Å². The van der Waals surface area contributed by atoms with Crippen molar-refractivity contribution in [2.75, 3.05) is 0 Å². The summed E-state index contributed by atoms with van der Waals surface area (Å²) in [6, 6.07) is 7.15. The SMILES string of the molecule is O=C1C=CC(=O)c2nc3ccccc3nc21. The molecule has 1 aromatic heterocycles. The molecule has 1 aromatic carbocycles.